The number of hydrogen-bond acceptors (Lipinski definition) is 4. The summed E-state index contributed by atoms with van der Waals surface area (Å²) in [5, 5.41) is 3.44. The minimum absolute atomic E-state index is 0.676. The van der Waals surface area contributed by atoms with E-state index in [1.54, 1.807) is 7.11 Å². The highest BCUT2D eigenvalue weighted by Gasteiger charge is 2.39. The van der Waals surface area contributed by atoms with Crippen molar-refractivity contribution >= 4 is 21.6 Å². The SMILES string of the molecule is COc1cc(N2C[C@@H]3CN[C@@H]3C2)cnc1Br. The van der Waals surface area contributed by atoms with E-state index in [2.05, 4.69) is 31.1 Å². The summed E-state index contributed by atoms with van der Waals surface area (Å²) in [5.74, 6) is 1.61. The van der Waals surface area contributed by atoms with Crippen molar-refractivity contribution < 1.29 is 4.74 Å². The number of methoxy groups -OCH3 is 1. The number of halogens is 1. The lowest BCUT2D eigenvalue weighted by molar-refractivity contribution is 0.297. The predicted molar refractivity (Wildman–Crippen MR) is 66.0 cm³/mol. The summed E-state index contributed by atoms with van der Waals surface area (Å²) in [7, 11) is 1.67. The molecule has 0 aromatic carbocycles. The van der Waals surface area contributed by atoms with E-state index in [1.165, 1.54) is 0 Å². The topological polar surface area (TPSA) is 37.4 Å². The molecule has 4 nitrogen and oxygen atoms in total. The third-order valence-corrected chi connectivity index (χ3v) is 4.06. The van der Waals surface area contributed by atoms with Gasteiger partial charge in [-0.1, -0.05) is 0 Å². The molecule has 16 heavy (non-hydrogen) atoms. The largest absolute Gasteiger partial charge is 0.494 e. The molecule has 1 aromatic heterocycles. The summed E-state index contributed by atoms with van der Waals surface area (Å²) in [6.45, 7) is 3.36. The molecule has 2 aliphatic rings. The van der Waals surface area contributed by atoms with Crippen molar-refractivity contribution in [1.82, 2.24) is 10.3 Å². The van der Waals surface area contributed by atoms with Crippen LogP contribution in [0.5, 0.6) is 5.75 Å². The lowest BCUT2D eigenvalue weighted by atomic mass is 9.96. The molecule has 2 fully saturated rings. The lowest BCUT2D eigenvalue weighted by Gasteiger charge is -2.29. The van der Waals surface area contributed by atoms with Crippen LogP contribution in [0.2, 0.25) is 0 Å². The maximum atomic E-state index is 5.26. The Balaban J connectivity index is 1.83. The summed E-state index contributed by atoms with van der Waals surface area (Å²) in [4.78, 5) is 6.67. The summed E-state index contributed by atoms with van der Waals surface area (Å²) < 4.78 is 6.03. The Hall–Kier alpha value is -0.810. The van der Waals surface area contributed by atoms with Crippen LogP contribution in [-0.4, -0.2) is 37.8 Å². The molecule has 0 saturated carbocycles. The quantitative estimate of drug-likeness (QED) is 0.830. The van der Waals surface area contributed by atoms with E-state index in [-0.39, 0.29) is 0 Å². The van der Waals surface area contributed by atoms with Gasteiger partial charge in [-0.2, -0.15) is 0 Å². The average Bonchev–Trinajstić information content (AvgIpc) is 2.56. The predicted octanol–water partition coefficient (Wildman–Crippen LogP) is 1.26. The number of anilines is 1. The smallest absolute Gasteiger partial charge is 0.153 e. The first-order chi connectivity index (χ1) is 7.78. The maximum Gasteiger partial charge on any atom is 0.153 e. The van der Waals surface area contributed by atoms with E-state index >= 15 is 0 Å². The normalized spacial score (nSPS) is 27.5. The zero-order chi connectivity index (χ0) is 11.1. The molecule has 0 unspecified atom stereocenters. The van der Waals surface area contributed by atoms with E-state index in [0.717, 1.165) is 41.6 Å². The molecular formula is C11H14BrN3O. The van der Waals surface area contributed by atoms with Crippen LogP contribution in [-0.2, 0) is 0 Å². The van der Waals surface area contributed by atoms with Crippen LogP contribution in [0.1, 0.15) is 0 Å². The Morgan fingerprint density at radius 1 is 1.56 bits per heavy atom. The van der Waals surface area contributed by atoms with Gasteiger partial charge in [0.2, 0.25) is 0 Å². The number of hydrogen-bond donors (Lipinski definition) is 1. The first kappa shape index (κ1) is 10.4. The van der Waals surface area contributed by atoms with Gasteiger partial charge in [-0.3, -0.25) is 0 Å². The number of aromatic nitrogens is 1. The first-order valence-electron chi connectivity index (χ1n) is 5.46. The van der Waals surface area contributed by atoms with Crippen molar-refractivity contribution in [3.8, 4) is 5.75 Å². The monoisotopic (exact) mass is 283 g/mol. The lowest BCUT2D eigenvalue weighted by Crippen LogP contribution is -2.51. The minimum atomic E-state index is 0.676. The zero-order valence-electron chi connectivity index (χ0n) is 9.11. The van der Waals surface area contributed by atoms with Crippen molar-refractivity contribution in [1.29, 1.82) is 0 Å². The Labute approximate surface area is 103 Å². The highest BCUT2D eigenvalue weighted by atomic mass is 79.9. The Morgan fingerprint density at radius 2 is 2.44 bits per heavy atom. The fourth-order valence-electron chi connectivity index (χ4n) is 2.40. The van der Waals surface area contributed by atoms with Gasteiger partial charge in [-0.05, 0) is 15.9 Å². The average molecular weight is 284 g/mol. The van der Waals surface area contributed by atoms with Gasteiger partial charge in [-0.15, -0.1) is 0 Å². The third-order valence-electron chi connectivity index (χ3n) is 3.46. The van der Waals surface area contributed by atoms with Gasteiger partial charge in [0.15, 0.2) is 5.75 Å². The number of ether oxygens (including phenoxy) is 1. The van der Waals surface area contributed by atoms with Crippen LogP contribution in [0.25, 0.3) is 0 Å². The molecule has 3 heterocycles. The highest BCUT2D eigenvalue weighted by Crippen LogP contribution is 2.32. The number of nitrogens with one attached hydrogen (secondary N) is 1. The zero-order valence-corrected chi connectivity index (χ0v) is 10.7. The number of pyridine rings is 1. The molecule has 0 spiro atoms. The van der Waals surface area contributed by atoms with Crippen LogP contribution in [0.3, 0.4) is 0 Å². The molecule has 2 aliphatic heterocycles. The summed E-state index contributed by atoms with van der Waals surface area (Å²) in [6, 6.07) is 2.72. The summed E-state index contributed by atoms with van der Waals surface area (Å²) >= 11 is 3.37. The molecule has 2 atom stereocenters. The fourth-order valence-corrected chi connectivity index (χ4v) is 2.77. The number of nitrogens with zero attached hydrogens (tertiary/aromatic N) is 2. The highest BCUT2D eigenvalue weighted by molar-refractivity contribution is 9.10. The molecular weight excluding hydrogens is 270 g/mol. The van der Waals surface area contributed by atoms with E-state index in [9.17, 15) is 0 Å². The Morgan fingerprint density at radius 3 is 3.00 bits per heavy atom. The molecule has 86 valence electrons. The summed E-state index contributed by atoms with van der Waals surface area (Å²) in [6.07, 6.45) is 1.90. The van der Waals surface area contributed by atoms with Gasteiger partial charge >= 0.3 is 0 Å². The van der Waals surface area contributed by atoms with Crippen LogP contribution in [0.15, 0.2) is 16.9 Å². The number of rotatable bonds is 2. The van der Waals surface area contributed by atoms with E-state index < -0.39 is 0 Å². The molecule has 0 bridgehead atoms. The molecule has 3 rings (SSSR count). The van der Waals surface area contributed by atoms with Gasteiger partial charge < -0.3 is 15.0 Å². The standard InChI is InChI=1S/C11H14BrN3O/c1-16-10-2-8(4-14-11(10)12)15-5-7-3-13-9(7)6-15/h2,4,7,9,13H,3,5-6H2,1H3/t7-,9+/m0/s1. The molecule has 0 aliphatic carbocycles. The van der Waals surface area contributed by atoms with Crippen molar-refractivity contribution in [2.75, 3.05) is 31.6 Å². The maximum absolute atomic E-state index is 5.26. The van der Waals surface area contributed by atoms with Crippen LogP contribution < -0.4 is 15.0 Å². The number of fused-ring (bicyclic) bond motifs is 1. The van der Waals surface area contributed by atoms with Gasteiger partial charge in [0, 0.05) is 37.7 Å². The van der Waals surface area contributed by atoms with Crippen LogP contribution >= 0.6 is 15.9 Å². The second kappa shape index (κ2) is 3.89. The second-order valence-corrected chi connectivity index (χ2v) is 5.12. The van der Waals surface area contributed by atoms with Gasteiger partial charge in [0.05, 0.1) is 19.0 Å². The second-order valence-electron chi connectivity index (χ2n) is 4.37. The van der Waals surface area contributed by atoms with Crippen LogP contribution in [0.4, 0.5) is 5.69 Å². The van der Waals surface area contributed by atoms with E-state index in [0.29, 0.717) is 6.04 Å². The van der Waals surface area contributed by atoms with E-state index in [4.69, 9.17) is 4.74 Å². The third kappa shape index (κ3) is 1.58. The fraction of sp³-hybridized carbons (Fsp3) is 0.545. The van der Waals surface area contributed by atoms with Gasteiger partial charge in [0.25, 0.3) is 0 Å². The van der Waals surface area contributed by atoms with E-state index in [1.807, 2.05) is 12.3 Å². The Kier molecular flexibility index (Phi) is 2.52. The summed E-state index contributed by atoms with van der Waals surface area (Å²) in [5.41, 5.74) is 1.15. The molecule has 0 amide bonds. The van der Waals surface area contributed by atoms with Crippen molar-refractivity contribution in [2.45, 2.75) is 6.04 Å². The van der Waals surface area contributed by atoms with Gasteiger partial charge in [-0.25, -0.2) is 4.98 Å². The van der Waals surface area contributed by atoms with Crippen LogP contribution in [0, 0.1) is 5.92 Å². The van der Waals surface area contributed by atoms with Crippen molar-refractivity contribution in [3.63, 3.8) is 0 Å². The first-order valence-corrected chi connectivity index (χ1v) is 6.25. The minimum Gasteiger partial charge on any atom is -0.494 e. The molecule has 2 saturated heterocycles. The van der Waals surface area contributed by atoms with Crippen molar-refractivity contribution in [2.24, 2.45) is 5.92 Å². The molecule has 5 heteroatoms. The Bertz CT molecular complexity index is 400. The van der Waals surface area contributed by atoms with Gasteiger partial charge in [0.1, 0.15) is 4.60 Å². The molecule has 1 aromatic rings. The molecule has 0 radical (unpaired) electrons. The molecule has 1 N–H and O–H groups in total. The van der Waals surface area contributed by atoms with Crippen molar-refractivity contribution in [3.05, 3.63) is 16.9 Å².